The lowest BCUT2D eigenvalue weighted by molar-refractivity contribution is 0.111. The topological polar surface area (TPSA) is 43.8 Å². The van der Waals surface area contributed by atoms with Gasteiger partial charge in [-0.25, -0.2) is 0 Å². The van der Waals surface area contributed by atoms with E-state index in [4.69, 9.17) is 5.73 Å². The predicted molar refractivity (Wildman–Crippen MR) is 92.3 cm³/mol. The van der Waals surface area contributed by atoms with E-state index >= 15 is 0 Å². The van der Waals surface area contributed by atoms with Gasteiger partial charge in [-0.3, -0.25) is 4.68 Å². The van der Waals surface area contributed by atoms with Crippen molar-refractivity contribution in [2.75, 3.05) is 0 Å². The van der Waals surface area contributed by atoms with E-state index in [1.807, 2.05) is 4.68 Å². The molecule has 0 radical (unpaired) electrons. The molecule has 0 amide bonds. The molecule has 1 aromatic rings. The Kier molecular flexibility index (Phi) is 5.19. The number of aromatic nitrogens is 2. The van der Waals surface area contributed by atoms with Crippen LogP contribution in [0, 0.1) is 17.3 Å². The molecule has 1 saturated carbocycles. The van der Waals surface area contributed by atoms with Gasteiger partial charge in [0.05, 0.1) is 15.9 Å². The number of aryl methyl sites for hydroxylation is 2. The quantitative estimate of drug-likeness (QED) is 0.884. The average Bonchev–Trinajstić information content (AvgIpc) is 2.65. The SMILES string of the molecule is CCc1nn(C)c(CC(C)(C)C2CCC(C)CC2N)c1Br. The second-order valence-corrected chi connectivity index (χ2v) is 8.33. The number of nitrogens with two attached hydrogens (primary N) is 1. The fourth-order valence-corrected chi connectivity index (χ4v) is 4.73. The van der Waals surface area contributed by atoms with Gasteiger partial charge in [-0.05, 0) is 58.9 Å². The maximum atomic E-state index is 6.48. The Morgan fingerprint density at radius 3 is 2.57 bits per heavy atom. The largest absolute Gasteiger partial charge is 0.327 e. The van der Waals surface area contributed by atoms with Crippen LogP contribution in [-0.4, -0.2) is 15.8 Å². The fourth-order valence-electron chi connectivity index (χ4n) is 3.97. The zero-order valence-corrected chi connectivity index (χ0v) is 15.7. The molecule has 3 nitrogen and oxygen atoms in total. The van der Waals surface area contributed by atoms with Gasteiger partial charge in [0.15, 0.2) is 0 Å². The van der Waals surface area contributed by atoms with Gasteiger partial charge in [0.25, 0.3) is 0 Å². The van der Waals surface area contributed by atoms with Gasteiger partial charge >= 0.3 is 0 Å². The van der Waals surface area contributed by atoms with Crippen molar-refractivity contribution in [3.8, 4) is 0 Å². The fraction of sp³-hybridized carbons (Fsp3) is 0.824. The highest BCUT2D eigenvalue weighted by molar-refractivity contribution is 9.10. The molecule has 1 aliphatic carbocycles. The first kappa shape index (κ1) is 17.0. The van der Waals surface area contributed by atoms with E-state index in [9.17, 15) is 0 Å². The average molecular weight is 356 g/mol. The maximum Gasteiger partial charge on any atom is 0.0766 e. The van der Waals surface area contributed by atoms with Crippen LogP contribution in [0.2, 0.25) is 0 Å². The molecule has 0 spiro atoms. The highest BCUT2D eigenvalue weighted by Gasteiger charge is 2.38. The summed E-state index contributed by atoms with van der Waals surface area (Å²) in [6.45, 7) is 9.23. The lowest BCUT2D eigenvalue weighted by Gasteiger charge is -2.43. The molecule has 0 saturated heterocycles. The molecular weight excluding hydrogens is 326 g/mol. The molecule has 2 N–H and O–H groups in total. The van der Waals surface area contributed by atoms with Crippen molar-refractivity contribution in [2.24, 2.45) is 30.0 Å². The standard InChI is InChI=1S/C17H30BrN3/c1-6-14-16(18)15(21(5)20-14)10-17(3,4)12-8-7-11(2)9-13(12)19/h11-13H,6-10,19H2,1-5H3. The van der Waals surface area contributed by atoms with E-state index in [0.29, 0.717) is 12.0 Å². The third-order valence-corrected chi connectivity index (χ3v) is 6.21. The Hall–Kier alpha value is -0.350. The minimum atomic E-state index is 0.209. The van der Waals surface area contributed by atoms with Crippen LogP contribution in [0.4, 0.5) is 0 Å². The summed E-state index contributed by atoms with van der Waals surface area (Å²) in [4.78, 5) is 0. The summed E-state index contributed by atoms with van der Waals surface area (Å²) in [6, 6.07) is 0.335. The zero-order chi connectivity index (χ0) is 15.8. The molecule has 120 valence electrons. The molecule has 1 fully saturated rings. The van der Waals surface area contributed by atoms with Crippen molar-refractivity contribution in [1.82, 2.24) is 9.78 Å². The van der Waals surface area contributed by atoms with E-state index in [-0.39, 0.29) is 5.41 Å². The molecule has 0 bridgehead atoms. The minimum Gasteiger partial charge on any atom is -0.327 e. The number of halogens is 1. The monoisotopic (exact) mass is 355 g/mol. The van der Waals surface area contributed by atoms with Crippen molar-refractivity contribution in [2.45, 2.75) is 65.8 Å². The first-order chi connectivity index (χ1) is 9.76. The van der Waals surface area contributed by atoms with Crippen LogP contribution in [0.25, 0.3) is 0 Å². The molecule has 4 heteroatoms. The summed E-state index contributed by atoms with van der Waals surface area (Å²) in [6.07, 6.45) is 5.74. The van der Waals surface area contributed by atoms with Crippen LogP contribution in [-0.2, 0) is 19.9 Å². The van der Waals surface area contributed by atoms with E-state index in [1.165, 1.54) is 29.4 Å². The second kappa shape index (κ2) is 6.41. The molecule has 3 atom stereocenters. The summed E-state index contributed by atoms with van der Waals surface area (Å²) in [7, 11) is 2.05. The van der Waals surface area contributed by atoms with Crippen molar-refractivity contribution in [3.05, 3.63) is 15.9 Å². The first-order valence-corrected chi connectivity index (χ1v) is 9.01. The predicted octanol–water partition coefficient (Wildman–Crippen LogP) is 4.08. The van der Waals surface area contributed by atoms with Gasteiger partial charge < -0.3 is 5.73 Å². The molecule has 0 aliphatic heterocycles. The smallest absolute Gasteiger partial charge is 0.0766 e. The molecule has 3 unspecified atom stereocenters. The van der Waals surface area contributed by atoms with E-state index in [2.05, 4.69) is 55.8 Å². The molecule has 1 heterocycles. The third-order valence-electron chi connectivity index (χ3n) is 5.29. The van der Waals surface area contributed by atoms with Gasteiger partial charge in [0.1, 0.15) is 0 Å². The first-order valence-electron chi connectivity index (χ1n) is 8.22. The second-order valence-electron chi connectivity index (χ2n) is 7.54. The molecule has 21 heavy (non-hydrogen) atoms. The highest BCUT2D eigenvalue weighted by atomic mass is 79.9. The van der Waals surface area contributed by atoms with Crippen LogP contribution < -0.4 is 5.73 Å². The summed E-state index contributed by atoms with van der Waals surface area (Å²) in [5.41, 5.74) is 9.16. The summed E-state index contributed by atoms with van der Waals surface area (Å²) in [5.74, 6) is 1.38. The van der Waals surface area contributed by atoms with Crippen LogP contribution >= 0.6 is 15.9 Å². The number of nitrogens with zero attached hydrogens (tertiary/aromatic N) is 2. The van der Waals surface area contributed by atoms with Gasteiger partial charge in [-0.15, -0.1) is 0 Å². The number of hydrogen-bond acceptors (Lipinski definition) is 2. The van der Waals surface area contributed by atoms with Crippen molar-refractivity contribution in [3.63, 3.8) is 0 Å². The van der Waals surface area contributed by atoms with Gasteiger partial charge in [-0.1, -0.05) is 34.1 Å². The van der Waals surface area contributed by atoms with Crippen LogP contribution in [0.3, 0.4) is 0 Å². The van der Waals surface area contributed by atoms with Crippen molar-refractivity contribution >= 4 is 15.9 Å². The Bertz CT molecular complexity index is 492. The molecule has 0 aromatic carbocycles. The Labute approximate surface area is 137 Å². The lowest BCUT2D eigenvalue weighted by Crippen LogP contribution is -2.44. The molecule has 1 aliphatic rings. The van der Waals surface area contributed by atoms with Gasteiger partial charge in [0, 0.05) is 13.1 Å². The molecular formula is C17H30BrN3. The zero-order valence-electron chi connectivity index (χ0n) is 14.1. The molecule has 2 rings (SSSR count). The third kappa shape index (κ3) is 3.53. The van der Waals surface area contributed by atoms with E-state index in [1.54, 1.807) is 0 Å². The highest BCUT2D eigenvalue weighted by Crippen LogP contribution is 2.42. The normalized spacial score (nSPS) is 27.1. The van der Waals surface area contributed by atoms with Crippen LogP contribution in [0.15, 0.2) is 4.47 Å². The maximum absolute atomic E-state index is 6.48. The van der Waals surface area contributed by atoms with Crippen LogP contribution in [0.5, 0.6) is 0 Å². The lowest BCUT2D eigenvalue weighted by atomic mass is 9.65. The van der Waals surface area contributed by atoms with Crippen molar-refractivity contribution in [1.29, 1.82) is 0 Å². The Morgan fingerprint density at radius 1 is 1.38 bits per heavy atom. The van der Waals surface area contributed by atoms with E-state index in [0.717, 1.165) is 24.5 Å². The van der Waals surface area contributed by atoms with Gasteiger partial charge in [-0.2, -0.15) is 5.10 Å². The summed E-state index contributed by atoms with van der Waals surface area (Å²) in [5, 5.41) is 4.63. The summed E-state index contributed by atoms with van der Waals surface area (Å²) >= 11 is 3.75. The minimum absolute atomic E-state index is 0.209. The number of hydrogen-bond donors (Lipinski definition) is 1. The van der Waals surface area contributed by atoms with E-state index < -0.39 is 0 Å². The Balaban J connectivity index is 2.19. The van der Waals surface area contributed by atoms with Crippen LogP contribution in [0.1, 0.15) is 58.3 Å². The summed E-state index contributed by atoms with van der Waals surface area (Å²) < 4.78 is 3.24. The van der Waals surface area contributed by atoms with Crippen molar-refractivity contribution < 1.29 is 0 Å². The Morgan fingerprint density at radius 2 is 2.05 bits per heavy atom. The molecule has 1 aromatic heterocycles. The van der Waals surface area contributed by atoms with Gasteiger partial charge in [0.2, 0.25) is 0 Å². The number of rotatable bonds is 4.